The lowest BCUT2D eigenvalue weighted by atomic mass is 10.1. The van der Waals surface area contributed by atoms with E-state index in [-0.39, 0.29) is 18.7 Å². The van der Waals surface area contributed by atoms with Crippen molar-refractivity contribution in [3.05, 3.63) is 0 Å². The van der Waals surface area contributed by atoms with Gasteiger partial charge in [-0.1, -0.05) is 12.8 Å². The Morgan fingerprint density at radius 3 is 2.56 bits per heavy atom. The van der Waals surface area contributed by atoms with Gasteiger partial charge in [-0.25, -0.2) is 0 Å². The molecule has 0 bridgehead atoms. The summed E-state index contributed by atoms with van der Waals surface area (Å²) in [5, 5.41) is 11.8. The van der Waals surface area contributed by atoms with E-state index in [2.05, 4.69) is 5.32 Å². The highest BCUT2D eigenvalue weighted by Crippen LogP contribution is 2.03. The van der Waals surface area contributed by atoms with E-state index < -0.39 is 0 Å². The van der Waals surface area contributed by atoms with Crippen LogP contribution in [0, 0.1) is 0 Å². The molecule has 0 radical (unpaired) electrons. The number of aliphatic hydroxyl groups excluding tert-OH is 1. The van der Waals surface area contributed by atoms with Gasteiger partial charge in [-0.2, -0.15) is 0 Å². The predicted octanol–water partition coefficient (Wildman–Crippen LogP) is 2.18. The molecule has 0 aromatic heterocycles. The van der Waals surface area contributed by atoms with Gasteiger partial charge in [0, 0.05) is 13.0 Å². The molecular weight excluding hydrogens is 209 g/mol. The Morgan fingerprint density at radius 1 is 1.25 bits per heavy atom. The van der Waals surface area contributed by atoms with Gasteiger partial charge in [0.05, 0.1) is 12.8 Å². The molecular formula is C12H24FNO2. The van der Waals surface area contributed by atoms with E-state index in [0.717, 1.165) is 32.1 Å². The molecule has 0 aliphatic rings. The summed E-state index contributed by atoms with van der Waals surface area (Å²) in [6.07, 6.45) is 5.00. The monoisotopic (exact) mass is 233 g/mol. The van der Waals surface area contributed by atoms with Gasteiger partial charge < -0.3 is 10.4 Å². The zero-order valence-corrected chi connectivity index (χ0v) is 10.2. The number of hydrogen-bond donors (Lipinski definition) is 2. The number of amides is 1. The second-order valence-corrected chi connectivity index (χ2v) is 4.19. The molecule has 0 aromatic carbocycles. The van der Waals surface area contributed by atoms with E-state index in [1.54, 1.807) is 6.92 Å². The maximum Gasteiger partial charge on any atom is 0.219 e. The molecule has 1 unspecified atom stereocenters. The van der Waals surface area contributed by atoms with Crippen LogP contribution in [0.25, 0.3) is 0 Å². The van der Waals surface area contributed by atoms with Crippen LogP contribution in [0.2, 0.25) is 0 Å². The number of unbranched alkanes of at least 4 members (excludes halogenated alkanes) is 3. The second-order valence-electron chi connectivity index (χ2n) is 4.19. The van der Waals surface area contributed by atoms with Crippen LogP contribution in [-0.4, -0.2) is 30.3 Å². The van der Waals surface area contributed by atoms with Gasteiger partial charge in [-0.15, -0.1) is 0 Å². The summed E-state index contributed by atoms with van der Waals surface area (Å²) in [6.45, 7) is 2.12. The van der Waals surface area contributed by atoms with Crippen molar-refractivity contribution in [1.29, 1.82) is 0 Å². The number of carbonyl (C=O) groups is 1. The highest BCUT2D eigenvalue weighted by atomic mass is 19.1. The lowest BCUT2D eigenvalue weighted by molar-refractivity contribution is -0.121. The first-order valence-corrected chi connectivity index (χ1v) is 6.17. The van der Waals surface area contributed by atoms with E-state index in [1.165, 1.54) is 0 Å². The molecule has 0 fully saturated rings. The molecule has 2 N–H and O–H groups in total. The first-order chi connectivity index (χ1) is 7.66. The zero-order chi connectivity index (χ0) is 12.2. The summed E-state index contributed by atoms with van der Waals surface area (Å²) in [5.41, 5.74) is 0. The highest BCUT2D eigenvalue weighted by Gasteiger charge is 2.01. The Hall–Kier alpha value is -0.640. The van der Waals surface area contributed by atoms with Crippen molar-refractivity contribution in [2.24, 2.45) is 0 Å². The van der Waals surface area contributed by atoms with Gasteiger partial charge in [0.25, 0.3) is 0 Å². The molecule has 0 aromatic rings. The van der Waals surface area contributed by atoms with Crippen molar-refractivity contribution in [2.45, 2.75) is 58.0 Å². The molecule has 3 nitrogen and oxygen atoms in total. The average Bonchev–Trinajstić information content (AvgIpc) is 2.24. The molecule has 0 heterocycles. The molecule has 4 heteroatoms. The first kappa shape index (κ1) is 15.4. The number of alkyl halides is 1. The van der Waals surface area contributed by atoms with Crippen LogP contribution >= 0.6 is 0 Å². The molecule has 96 valence electrons. The molecule has 0 saturated carbocycles. The molecule has 0 aliphatic heterocycles. The van der Waals surface area contributed by atoms with Crippen molar-refractivity contribution in [3.63, 3.8) is 0 Å². The number of carbonyl (C=O) groups excluding carboxylic acids is 1. The minimum atomic E-state index is -0.294. The Bertz CT molecular complexity index is 174. The van der Waals surface area contributed by atoms with Gasteiger partial charge in [0.1, 0.15) is 0 Å². The van der Waals surface area contributed by atoms with E-state index in [1.807, 2.05) is 0 Å². The summed E-state index contributed by atoms with van der Waals surface area (Å²) in [4.78, 5) is 11.3. The molecule has 1 amide bonds. The minimum absolute atomic E-state index is 0.0610. The Labute approximate surface area is 97.4 Å². The lowest BCUT2D eigenvalue weighted by Gasteiger charge is -2.06. The molecule has 1 atom stereocenters. The number of aliphatic hydroxyl groups is 1. The van der Waals surface area contributed by atoms with Crippen molar-refractivity contribution in [1.82, 2.24) is 5.32 Å². The Balaban J connectivity index is 3.18. The van der Waals surface area contributed by atoms with E-state index in [4.69, 9.17) is 5.11 Å². The molecule has 0 spiro atoms. The van der Waals surface area contributed by atoms with Crippen molar-refractivity contribution in [2.75, 3.05) is 13.2 Å². The van der Waals surface area contributed by atoms with Crippen molar-refractivity contribution >= 4 is 5.91 Å². The number of rotatable bonds is 10. The second kappa shape index (κ2) is 10.9. The molecule has 0 aliphatic carbocycles. The first-order valence-electron chi connectivity index (χ1n) is 6.17. The van der Waals surface area contributed by atoms with Crippen LogP contribution in [0.4, 0.5) is 4.39 Å². The maximum atomic E-state index is 11.8. The topological polar surface area (TPSA) is 49.3 Å². The predicted molar refractivity (Wildman–Crippen MR) is 63.0 cm³/mol. The van der Waals surface area contributed by atoms with Gasteiger partial charge in [0.2, 0.25) is 5.91 Å². The number of hydrogen-bond acceptors (Lipinski definition) is 2. The standard InChI is InChI=1S/C12H24FNO2/c1-11(15)7-6-10-14-12(16)8-4-2-3-5-9-13/h11,15H,2-10H2,1H3,(H,14,16). The summed E-state index contributed by atoms with van der Waals surface area (Å²) < 4.78 is 11.8. The fourth-order valence-electron chi connectivity index (χ4n) is 1.45. The Morgan fingerprint density at radius 2 is 1.94 bits per heavy atom. The lowest BCUT2D eigenvalue weighted by Crippen LogP contribution is -2.24. The minimum Gasteiger partial charge on any atom is -0.393 e. The van der Waals surface area contributed by atoms with Crippen LogP contribution in [0.5, 0.6) is 0 Å². The molecule has 0 rings (SSSR count). The van der Waals surface area contributed by atoms with E-state index in [9.17, 15) is 9.18 Å². The number of nitrogens with one attached hydrogen (secondary N) is 1. The largest absolute Gasteiger partial charge is 0.393 e. The zero-order valence-electron chi connectivity index (χ0n) is 10.2. The number of halogens is 1. The van der Waals surface area contributed by atoms with Crippen LogP contribution < -0.4 is 5.32 Å². The summed E-state index contributed by atoms with van der Waals surface area (Å²) >= 11 is 0. The smallest absolute Gasteiger partial charge is 0.219 e. The summed E-state index contributed by atoms with van der Waals surface area (Å²) in [6, 6.07) is 0. The van der Waals surface area contributed by atoms with E-state index >= 15 is 0 Å². The summed E-state index contributed by atoms with van der Waals surface area (Å²) in [5.74, 6) is 0.0610. The van der Waals surface area contributed by atoms with Gasteiger partial charge in [0.15, 0.2) is 0 Å². The fourth-order valence-corrected chi connectivity index (χ4v) is 1.45. The fraction of sp³-hybridized carbons (Fsp3) is 0.917. The van der Waals surface area contributed by atoms with Crippen LogP contribution in [0.3, 0.4) is 0 Å². The molecule has 16 heavy (non-hydrogen) atoms. The van der Waals surface area contributed by atoms with Gasteiger partial charge in [-0.05, 0) is 32.6 Å². The quantitative estimate of drug-likeness (QED) is 0.568. The summed E-state index contributed by atoms with van der Waals surface area (Å²) in [7, 11) is 0. The molecule has 0 saturated heterocycles. The van der Waals surface area contributed by atoms with Gasteiger partial charge >= 0.3 is 0 Å². The average molecular weight is 233 g/mol. The van der Waals surface area contributed by atoms with Crippen LogP contribution in [0.1, 0.15) is 51.9 Å². The third kappa shape index (κ3) is 11.4. The van der Waals surface area contributed by atoms with E-state index in [0.29, 0.717) is 19.4 Å². The van der Waals surface area contributed by atoms with Crippen molar-refractivity contribution < 1.29 is 14.3 Å². The SMILES string of the molecule is CC(O)CCCNC(=O)CCCCCCF. The van der Waals surface area contributed by atoms with Crippen molar-refractivity contribution in [3.8, 4) is 0 Å². The normalized spacial score (nSPS) is 12.4. The maximum absolute atomic E-state index is 11.8. The third-order valence-corrected chi connectivity index (χ3v) is 2.41. The van der Waals surface area contributed by atoms with Gasteiger partial charge in [-0.3, -0.25) is 9.18 Å². The third-order valence-electron chi connectivity index (χ3n) is 2.41. The van der Waals surface area contributed by atoms with Crippen LogP contribution in [-0.2, 0) is 4.79 Å². The Kier molecular flexibility index (Phi) is 10.4. The van der Waals surface area contributed by atoms with Crippen LogP contribution in [0.15, 0.2) is 0 Å². The highest BCUT2D eigenvalue weighted by molar-refractivity contribution is 5.75.